The molecule has 1 fully saturated rings. The van der Waals surface area contributed by atoms with Crippen LogP contribution >= 0.6 is 0 Å². The van der Waals surface area contributed by atoms with Crippen LogP contribution in [0.15, 0.2) is 47.7 Å². The molecule has 2 aromatic heterocycles. The number of hydrogen-bond donors (Lipinski definition) is 0. The number of Topliss-reactive ketones (excluding diaryl/α,β-unsaturated/α-hetero) is 1. The van der Waals surface area contributed by atoms with Crippen LogP contribution in [-0.4, -0.2) is 58.2 Å². The van der Waals surface area contributed by atoms with Gasteiger partial charge in [0.25, 0.3) is 5.56 Å². The number of rotatable bonds is 5. The zero-order chi connectivity index (χ0) is 22.0. The predicted octanol–water partition coefficient (Wildman–Crippen LogP) is 1.64. The first kappa shape index (κ1) is 20.7. The summed E-state index contributed by atoms with van der Waals surface area (Å²) in [4.78, 5) is 40.4. The summed E-state index contributed by atoms with van der Waals surface area (Å²) in [5, 5.41) is 0. The Hall–Kier alpha value is -3.59. The maximum atomic E-state index is 13.2. The van der Waals surface area contributed by atoms with E-state index in [9.17, 15) is 9.59 Å². The van der Waals surface area contributed by atoms with Gasteiger partial charge in [-0.05, 0) is 25.1 Å². The van der Waals surface area contributed by atoms with Crippen LogP contribution in [0.4, 0.5) is 5.95 Å². The van der Waals surface area contributed by atoms with E-state index in [0.29, 0.717) is 41.8 Å². The van der Waals surface area contributed by atoms with Gasteiger partial charge in [-0.3, -0.25) is 14.2 Å². The highest BCUT2D eigenvalue weighted by Gasteiger charge is 2.31. The molecular formula is C22H23N5O4. The Bertz CT molecular complexity index is 1160. The molecule has 0 aliphatic carbocycles. The molecular weight excluding hydrogens is 398 g/mol. The monoisotopic (exact) mass is 421 g/mol. The Labute approximate surface area is 179 Å². The fourth-order valence-electron chi connectivity index (χ4n) is 3.56. The average Bonchev–Trinajstić information content (AvgIpc) is 2.81. The molecule has 3 heterocycles. The van der Waals surface area contributed by atoms with Crippen LogP contribution in [-0.2, 0) is 11.8 Å². The largest absolute Gasteiger partial charge is 0.496 e. The van der Waals surface area contributed by atoms with Crippen molar-refractivity contribution in [3.05, 3.63) is 64.3 Å². The number of carbonyl (C=O) groups is 1. The van der Waals surface area contributed by atoms with Gasteiger partial charge in [0.15, 0.2) is 5.78 Å². The van der Waals surface area contributed by atoms with Crippen molar-refractivity contribution in [1.82, 2.24) is 19.5 Å². The van der Waals surface area contributed by atoms with Crippen molar-refractivity contribution in [3.63, 3.8) is 0 Å². The summed E-state index contributed by atoms with van der Waals surface area (Å²) in [5.41, 5.74) is 2.23. The van der Waals surface area contributed by atoms with E-state index >= 15 is 0 Å². The Morgan fingerprint density at radius 2 is 2.06 bits per heavy atom. The minimum atomic E-state index is -0.705. The number of ketones is 1. The highest BCUT2D eigenvalue weighted by atomic mass is 16.5. The summed E-state index contributed by atoms with van der Waals surface area (Å²) >= 11 is 0. The maximum absolute atomic E-state index is 13.2. The van der Waals surface area contributed by atoms with E-state index in [4.69, 9.17) is 9.47 Å². The van der Waals surface area contributed by atoms with Crippen molar-refractivity contribution < 1.29 is 14.3 Å². The molecule has 0 amide bonds. The van der Waals surface area contributed by atoms with Gasteiger partial charge >= 0.3 is 0 Å². The van der Waals surface area contributed by atoms with E-state index in [2.05, 4.69) is 15.0 Å². The van der Waals surface area contributed by atoms with E-state index in [-0.39, 0.29) is 17.9 Å². The summed E-state index contributed by atoms with van der Waals surface area (Å²) in [6, 6.07) is 8.60. The number of aryl methyl sites for hydroxylation is 1. The molecule has 0 bridgehead atoms. The zero-order valence-corrected chi connectivity index (χ0v) is 17.6. The van der Waals surface area contributed by atoms with Crippen LogP contribution in [0.3, 0.4) is 0 Å². The van der Waals surface area contributed by atoms with Crippen molar-refractivity contribution in [2.75, 3.05) is 31.7 Å². The van der Waals surface area contributed by atoms with E-state index in [0.717, 1.165) is 5.56 Å². The maximum Gasteiger partial charge on any atom is 0.255 e. The fourth-order valence-corrected chi connectivity index (χ4v) is 3.56. The van der Waals surface area contributed by atoms with Gasteiger partial charge in [0.2, 0.25) is 5.95 Å². The molecule has 1 unspecified atom stereocenters. The lowest BCUT2D eigenvalue weighted by molar-refractivity contribution is 0.0334. The third kappa shape index (κ3) is 4.17. The number of carbonyl (C=O) groups excluding carboxylic acids is 1. The first-order valence-electron chi connectivity index (χ1n) is 9.88. The van der Waals surface area contributed by atoms with Gasteiger partial charge in [-0.1, -0.05) is 11.6 Å². The lowest BCUT2D eigenvalue weighted by atomic mass is 10.0. The highest BCUT2D eigenvalue weighted by molar-refractivity contribution is 6.02. The Balaban J connectivity index is 1.65. The van der Waals surface area contributed by atoms with Gasteiger partial charge < -0.3 is 14.4 Å². The third-order valence-electron chi connectivity index (χ3n) is 5.22. The van der Waals surface area contributed by atoms with Gasteiger partial charge in [0.1, 0.15) is 18.2 Å². The van der Waals surface area contributed by atoms with Gasteiger partial charge in [0.05, 0.1) is 37.2 Å². The van der Waals surface area contributed by atoms with Crippen LogP contribution in [0.2, 0.25) is 0 Å². The average molecular weight is 421 g/mol. The predicted molar refractivity (Wildman–Crippen MR) is 115 cm³/mol. The second-order valence-electron chi connectivity index (χ2n) is 7.31. The number of hydrogen-bond acceptors (Lipinski definition) is 8. The summed E-state index contributed by atoms with van der Waals surface area (Å²) in [5.74, 6) is 0.799. The summed E-state index contributed by atoms with van der Waals surface area (Å²) in [7, 11) is 3.19. The molecule has 1 aliphatic heterocycles. The number of ether oxygens (including phenoxy) is 2. The highest BCUT2D eigenvalue weighted by Crippen LogP contribution is 2.25. The Kier molecular flexibility index (Phi) is 5.77. The lowest BCUT2D eigenvalue weighted by Gasteiger charge is -2.33. The van der Waals surface area contributed by atoms with Crippen molar-refractivity contribution in [2.24, 2.45) is 7.05 Å². The molecule has 1 atom stereocenters. The molecule has 4 rings (SSSR count). The smallest absolute Gasteiger partial charge is 0.255 e. The Morgan fingerprint density at radius 3 is 2.81 bits per heavy atom. The zero-order valence-electron chi connectivity index (χ0n) is 17.6. The number of aromatic nitrogens is 4. The minimum absolute atomic E-state index is 0.165. The quantitative estimate of drug-likeness (QED) is 0.574. The summed E-state index contributed by atoms with van der Waals surface area (Å²) < 4.78 is 12.6. The van der Waals surface area contributed by atoms with Crippen molar-refractivity contribution in [1.29, 1.82) is 0 Å². The lowest BCUT2D eigenvalue weighted by Crippen LogP contribution is -2.48. The first-order chi connectivity index (χ1) is 15.0. The van der Waals surface area contributed by atoms with Gasteiger partial charge in [-0.15, -0.1) is 0 Å². The van der Waals surface area contributed by atoms with Gasteiger partial charge in [-0.25, -0.2) is 15.0 Å². The van der Waals surface area contributed by atoms with Crippen molar-refractivity contribution in [3.8, 4) is 17.1 Å². The van der Waals surface area contributed by atoms with E-state index in [1.54, 1.807) is 31.4 Å². The number of benzene rings is 1. The summed E-state index contributed by atoms with van der Waals surface area (Å²) in [6.07, 6.45) is 2.30. The molecule has 31 heavy (non-hydrogen) atoms. The number of methoxy groups -OCH3 is 1. The van der Waals surface area contributed by atoms with Crippen LogP contribution in [0.1, 0.15) is 15.9 Å². The number of anilines is 1. The van der Waals surface area contributed by atoms with Crippen molar-refractivity contribution in [2.45, 2.75) is 13.0 Å². The van der Waals surface area contributed by atoms with Crippen LogP contribution in [0.25, 0.3) is 11.4 Å². The van der Waals surface area contributed by atoms with E-state index in [1.807, 2.05) is 17.9 Å². The van der Waals surface area contributed by atoms with Crippen LogP contribution in [0.5, 0.6) is 5.75 Å². The SMILES string of the molecule is COc1ccc(C)cc1C(=O)C1CN(c2nc(-c3ccncn3)cc(=O)n2C)CCO1. The molecule has 1 aliphatic rings. The Morgan fingerprint density at radius 1 is 1.23 bits per heavy atom. The van der Waals surface area contributed by atoms with Gasteiger partial charge in [-0.2, -0.15) is 0 Å². The molecule has 9 heteroatoms. The molecule has 3 aromatic rings. The molecule has 9 nitrogen and oxygen atoms in total. The third-order valence-corrected chi connectivity index (χ3v) is 5.22. The van der Waals surface area contributed by atoms with Crippen LogP contribution in [0, 0.1) is 6.92 Å². The van der Waals surface area contributed by atoms with Crippen molar-refractivity contribution >= 4 is 11.7 Å². The second-order valence-corrected chi connectivity index (χ2v) is 7.31. The topological polar surface area (TPSA) is 99.4 Å². The molecule has 1 saturated heterocycles. The van der Waals surface area contributed by atoms with E-state index < -0.39 is 6.10 Å². The molecule has 0 N–H and O–H groups in total. The normalized spacial score (nSPS) is 16.2. The fraction of sp³-hybridized carbons (Fsp3) is 0.318. The van der Waals surface area contributed by atoms with Gasteiger partial charge in [0, 0.05) is 25.9 Å². The molecule has 1 aromatic carbocycles. The van der Waals surface area contributed by atoms with Crippen LogP contribution < -0.4 is 15.2 Å². The molecule has 0 spiro atoms. The number of morpholine rings is 1. The standard InChI is InChI=1S/C22H23N5O4/c1-14-4-5-18(30-3)15(10-14)21(29)19-12-27(8-9-31-19)22-25-17(11-20(28)26(22)2)16-6-7-23-13-24-16/h4-7,10-11,13,19H,8-9,12H2,1-3H3. The molecule has 160 valence electrons. The molecule has 0 radical (unpaired) electrons. The molecule has 0 saturated carbocycles. The van der Waals surface area contributed by atoms with E-state index in [1.165, 1.54) is 24.1 Å². The second kappa shape index (κ2) is 8.65. The number of nitrogens with zero attached hydrogens (tertiary/aromatic N) is 5. The minimum Gasteiger partial charge on any atom is -0.496 e. The summed E-state index contributed by atoms with van der Waals surface area (Å²) in [6.45, 7) is 3.02. The first-order valence-corrected chi connectivity index (χ1v) is 9.88.